The van der Waals surface area contributed by atoms with E-state index < -0.39 is 11.5 Å². The molecule has 6 heteroatoms. The van der Waals surface area contributed by atoms with Crippen LogP contribution in [-0.2, 0) is 0 Å². The summed E-state index contributed by atoms with van der Waals surface area (Å²) in [6.07, 6.45) is 5.03. The zero-order chi connectivity index (χ0) is 22.2. The van der Waals surface area contributed by atoms with Crippen LogP contribution in [0.3, 0.4) is 0 Å². The summed E-state index contributed by atoms with van der Waals surface area (Å²) in [6, 6.07) is 28.4. The third-order valence-corrected chi connectivity index (χ3v) is 4.73. The van der Waals surface area contributed by atoms with Crippen molar-refractivity contribution in [3.8, 4) is 22.4 Å². The Morgan fingerprint density at radius 3 is 2.09 bits per heavy atom. The Balaban J connectivity index is 1.68. The maximum absolute atomic E-state index is 13.0. The second kappa shape index (κ2) is 9.95. The zero-order valence-electron chi connectivity index (χ0n) is 17.1. The number of benzene rings is 3. The predicted octanol–water partition coefficient (Wildman–Crippen LogP) is 4.53. The van der Waals surface area contributed by atoms with Crippen molar-refractivity contribution in [1.29, 1.82) is 0 Å². The third-order valence-electron chi connectivity index (χ3n) is 4.73. The number of allylic oxidation sites excluding steroid dienone is 1. The SMILES string of the molecule is O=C(NN=CC=Cc1ccccc1)c1c(-c2ccccc2)c(-c2ccccc2)n[nH]c1=O. The Morgan fingerprint density at radius 2 is 1.44 bits per heavy atom. The predicted molar refractivity (Wildman–Crippen MR) is 127 cm³/mol. The summed E-state index contributed by atoms with van der Waals surface area (Å²) < 4.78 is 0. The van der Waals surface area contributed by atoms with Gasteiger partial charge in [0.2, 0.25) is 0 Å². The first kappa shape index (κ1) is 20.7. The van der Waals surface area contributed by atoms with Gasteiger partial charge in [-0.2, -0.15) is 10.2 Å². The Bertz CT molecular complexity index is 1310. The highest BCUT2D eigenvalue weighted by molar-refractivity contribution is 6.03. The van der Waals surface area contributed by atoms with Crippen molar-refractivity contribution in [2.75, 3.05) is 0 Å². The van der Waals surface area contributed by atoms with E-state index in [-0.39, 0.29) is 5.56 Å². The lowest BCUT2D eigenvalue weighted by molar-refractivity contribution is 0.0954. The van der Waals surface area contributed by atoms with Gasteiger partial charge in [-0.25, -0.2) is 10.5 Å². The highest BCUT2D eigenvalue weighted by Gasteiger charge is 2.22. The third kappa shape index (κ3) is 4.76. The zero-order valence-corrected chi connectivity index (χ0v) is 17.1. The molecule has 0 bridgehead atoms. The van der Waals surface area contributed by atoms with Crippen LogP contribution >= 0.6 is 0 Å². The van der Waals surface area contributed by atoms with Crippen LogP contribution < -0.4 is 11.0 Å². The molecule has 0 unspecified atom stereocenters. The van der Waals surface area contributed by atoms with E-state index in [9.17, 15) is 9.59 Å². The molecule has 0 aliphatic carbocycles. The van der Waals surface area contributed by atoms with Crippen LogP contribution in [0.15, 0.2) is 107 Å². The summed E-state index contributed by atoms with van der Waals surface area (Å²) in [7, 11) is 0. The quantitative estimate of drug-likeness (QED) is 0.355. The van der Waals surface area contributed by atoms with Gasteiger partial charge in [0, 0.05) is 17.3 Å². The summed E-state index contributed by atoms with van der Waals surface area (Å²) >= 11 is 0. The maximum atomic E-state index is 13.0. The highest BCUT2D eigenvalue weighted by atomic mass is 16.2. The minimum absolute atomic E-state index is 0.0470. The van der Waals surface area contributed by atoms with E-state index in [1.54, 1.807) is 6.08 Å². The smallest absolute Gasteiger partial charge is 0.267 e. The number of hydrogen-bond acceptors (Lipinski definition) is 4. The largest absolute Gasteiger partial charge is 0.277 e. The topological polar surface area (TPSA) is 87.2 Å². The molecule has 2 N–H and O–H groups in total. The average molecular weight is 420 g/mol. The molecule has 0 saturated carbocycles. The molecule has 1 amide bonds. The second-order valence-corrected chi connectivity index (χ2v) is 6.87. The van der Waals surface area contributed by atoms with Gasteiger partial charge in [0.15, 0.2) is 0 Å². The summed E-state index contributed by atoms with van der Waals surface area (Å²) in [5.74, 6) is -0.617. The van der Waals surface area contributed by atoms with Crippen molar-refractivity contribution < 1.29 is 4.79 Å². The summed E-state index contributed by atoms with van der Waals surface area (Å²) in [5.41, 5.74) is 5.28. The van der Waals surface area contributed by atoms with Crippen LogP contribution in [0.1, 0.15) is 15.9 Å². The van der Waals surface area contributed by atoms with Crippen molar-refractivity contribution in [3.63, 3.8) is 0 Å². The van der Waals surface area contributed by atoms with Gasteiger partial charge in [0.05, 0.1) is 5.69 Å². The molecule has 6 nitrogen and oxygen atoms in total. The number of nitrogens with one attached hydrogen (secondary N) is 2. The van der Waals surface area contributed by atoms with E-state index in [0.717, 1.165) is 11.1 Å². The molecular formula is C26H20N4O2. The van der Waals surface area contributed by atoms with Gasteiger partial charge in [0.1, 0.15) is 5.56 Å². The number of aromatic nitrogens is 2. The van der Waals surface area contributed by atoms with Crippen LogP contribution in [0.25, 0.3) is 28.5 Å². The van der Waals surface area contributed by atoms with Gasteiger partial charge in [-0.3, -0.25) is 9.59 Å². The Kier molecular flexibility index (Phi) is 6.43. The molecule has 1 heterocycles. The van der Waals surface area contributed by atoms with Gasteiger partial charge in [0.25, 0.3) is 11.5 Å². The van der Waals surface area contributed by atoms with E-state index in [1.165, 1.54) is 6.21 Å². The Hall–Kier alpha value is -4.58. The molecule has 4 aromatic rings. The first-order chi connectivity index (χ1) is 15.7. The van der Waals surface area contributed by atoms with Crippen molar-refractivity contribution in [3.05, 3.63) is 119 Å². The number of rotatable bonds is 6. The van der Waals surface area contributed by atoms with E-state index in [1.807, 2.05) is 97.1 Å². The number of carbonyl (C=O) groups excluding carboxylic acids is 1. The van der Waals surface area contributed by atoms with E-state index in [0.29, 0.717) is 16.8 Å². The van der Waals surface area contributed by atoms with Crippen LogP contribution in [0, 0.1) is 0 Å². The molecule has 32 heavy (non-hydrogen) atoms. The van der Waals surface area contributed by atoms with Gasteiger partial charge in [-0.15, -0.1) is 0 Å². The van der Waals surface area contributed by atoms with Gasteiger partial charge in [-0.1, -0.05) is 97.1 Å². The molecular weight excluding hydrogens is 400 g/mol. The normalized spacial score (nSPS) is 11.1. The maximum Gasteiger partial charge on any atom is 0.277 e. The minimum Gasteiger partial charge on any atom is -0.267 e. The number of nitrogens with zero attached hydrogens (tertiary/aromatic N) is 2. The van der Waals surface area contributed by atoms with Gasteiger partial charge < -0.3 is 0 Å². The molecule has 0 atom stereocenters. The molecule has 0 radical (unpaired) electrons. The molecule has 0 aliphatic rings. The number of hydrogen-bond donors (Lipinski definition) is 2. The number of hydrazone groups is 1. The fraction of sp³-hybridized carbons (Fsp3) is 0. The average Bonchev–Trinajstić information content (AvgIpc) is 2.85. The Labute approximate surface area is 185 Å². The standard InChI is InChI=1S/C26H20N4O2/c31-25(29-27-18-10-13-19-11-4-1-5-12-19)23-22(20-14-6-2-7-15-20)24(28-30-26(23)32)21-16-8-3-9-17-21/h1-18H,(H,29,31)(H,30,32). The molecule has 0 fully saturated rings. The number of aromatic amines is 1. The molecule has 156 valence electrons. The minimum atomic E-state index is -0.617. The van der Waals surface area contributed by atoms with Crippen LogP contribution in [-0.4, -0.2) is 22.3 Å². The lowest BCUT2D eigenvalue weighted by Gasteiger charge is -2.12. The summed E-state index contributed by atoms with van der Waals surface area (Å²) in [5, 5.41) is 10.6. The lowest BCUT2D eigenvalue weighted by Crippen LogP contribution is -2.28. The second-order valence-electron chi connectivity index (χ2n) is 6.87. The fourth-order valence-corrected chi connectivity index (χ4v) is 3.27. The number of carbonyl (C=O) groups is 1. The van der Waals surface area contributed by atoms with Gasteiger partial charge in [-0.05, 0) is 17.2 Å². The van der Waals surface area contributed by atoms with E-state index >= 15 is 0 Å². The van der Waals surface area contributed by atoms with E-state index in [4.69, 9.17) is 0 Å². The highest BCUT2D eigenvalue weighted by Crippen LogP contribution is 2.31. The first-order valence-corrected chi connectivity index (χ1v) is 10.0. The van der Waals surface area contributed by atoms with Crippen LogP contribution in [0.5, 0.6) is 0 Å². The number of H-pyrrole nitrogens is 1. The van der Waals surface area contributed by atoms with Crippen molar-refractivity contribution in [2.24, 2.45) is 5.10 Å². The molecule has 0 saturated heterocycles. The van der Waals surface area contributed by atoms with Gasteiger partial charge >= 0.3 is 0 Å². The molecule has 0 aliphatic heterocycles. The molecule has 3 aromatic carbocycles. The molecule has 0 spiro atoms. The van der Waals surface area contributed by atoms with Crippen LogP contribution in [0.4, 0.5) is 0 Å². The Morgan fingerprint density at radius 1 is 0.844 bits per heavy atom. The van der Waals surface area contributed by atoms with E-state index in [2.05, 4.69) is 20.7 Å². The lowest BCUT2D eigenvalue weighted by atomic mass is 9.95. The monoisotopic (exact) mass is 420 g/mol. The number of amides is 1. The van der Waals surface area contributed by atoms with Crippen molar-refractivity contribution >= 4 is 18.2 Å². The van der Waals surface area contributed by atoms with Crippen LogP contribution in [0.2, 0.25) is 0 Å². The first-order valence-electron chi connectivity index (χ1n) is 10.0. The fourth-order valence-electron chi connectivity index (χ4n) is 3.27. The van der Waals surface area contributed by atoms with Crippen molar-refractivity contribution in [1.82, 2.24) is 15.6 Å². The molecule has 1 aromatic heterocycles. The van der Waals surface area contributed by atoms with Crippen molar-refractivity contribution in [2.45, 2.75) is 0 Å². The summed E-state index contributed by atoms with van der Waals surface area (Å²) in [6.45, 7) is 0. The molecule has 4 rings (SSSR count). The summed E-state index contributed by atoms with van der Waals surface area (Å²) in [4.78, 5) is 25.6.